The molecule has 182 valence electrons. The zero-order valence-corrected chi connectivity index (χ0v) is 20.7. The summed E-state index contributed by atoms with van der Waals surface area (Å²) in [5, 5.41) is 5.43. The van der Waals surface area contributed by atoms with Crippen molar-refractivity contribution in [2.45, 2.75) is 52.0 Å². The molecule has 1 heterocycles. The highest BCUT2D eigenvalue weighted by atomic mass is 32.2. The number of allylic oxidation sites excluding steroid dienone is 1. The average molecular weight is 487 g/mol. The zero-order valence-electron chi connectivity index (χ0n) is 19.9. The summed E-state index contributed by atoms with van der Waals surface area (Å²) < 4.78 is 11.3. The van der Waals surface area contributed by atoms with Crippen molar-refractivity contribution in [2.75, 3.05) is 13.2 Å². The Bertz CT molecular complexity index is 1100. The molecule has 10 heteroatoms. The molecule has 0 radical (unpaired) electrons. The van der Waals surface area contributed by atoms with E-state index in [4.69, 9.17) is 15.2 Å². The van der Waals surface area contributed by atoms with Gasteiger partial charge in [-0.15, -0.1) is 0 Å². The minimum absolute atomic E-state index is 0.168. The first-order valence-corrected chi connectivity index (χ1v) is 12.0. The van der Waals surface area contributed by atoms with Gasteiger partial charge in [0.05, 0.1) is 41.8 Å². The maximum Gasteiger partial charge on any atom is 0.337 e. The summed E-state index contributed by atoms with van der Waals surface area (Å²) in [7, 11) is 0. The zero-order chi connectivity index (χ0) is 25.0. The monoisotopic (exact) mass is 486 g/mol. The number of fused-ring (bicyclic) bond motifs is 1. The lowest BCUT2D eigenvalue weighted by molar-refractivity contribution is -0.138. The van der Waals surface area contributed by atoms with Crippen LogP contribution < -0.4 is 21.1 Å². The predicted octanol–water partition coefficient (Wildman–Crippen LogP) is 2.73. The number of esters is 1. The number of hydrogen-bond donors (Lipinski definition) is 3. The van der Waals surface area contributed by atoms with Crippen molar-refractivity contribution in [3.63, 3.8) is 0 Å². The van der Waals surface area contributed by atoms with Gasteiger partial charge in [0.1, 0.15) is 5.75 Å². The van der Waals surface area contributed by atoms with E-state index >= 15 is 0 Å². The molecular weight excluding hydrogens is 456 g/mol. The summed E-state index contributed by atoms with van der Waals surface area (Å²) in [6, 6.07) is 2.99. The van der Waals surface area contributed by atoms with E-state index in [9.17, 15) is 14.4 Å². The van der Waals surface area contributed by atoms with Crippen LogP contribution in [0.1, 0.15) is 62.6 Å². The Morgan fingerprint density at radius 3 is 2.47 bits per heavy atom. The number of nitrogens with zero attached hydrogens (tertiary/aromatic N) is 1. The number of carbonyl (C=O) groups excluding carboxylic acids is 3. The van der Waals surface area contributed by atoms with Crippen molar-refractivity contribution in [2.24, 2.45) is 10.7 Å². The lowest BCUT2D eigenvalue weighted by Crippen LogP contribution is -2.41. The van der Waals surface area contributed by atoms with Gasteiger partial charge in [-0.05, 0) is 44.0 Å². The third-order valence-electron chi connectivity index (χ3n) is 5.33. The summed E-state index contributed by atoms with van der Waals surface area (Å²) in [6.07, 6.45) is 3.75. The SMILES string of the molecule is CCOC(=O)C1=C(C)N=C(NC(C)=O)SC1c1cc2c(cc1OCC)C(N)C(NC(C)=O)C=C2. The van der Waals surface area contributed by atoms with Crippen molar-refractivity contribution in [3.05, 3.63) is 46.2 Å². The van der Waals surface area contributed by atoms with Crippen LogP contribution in [0.2, 0.25) is 0 Å². The van der Waals surface area contributed by atoms with Crippen LogP contribution in [0.4, 0.5) is 0 Å². The van der Waals surface area contributed by atoms with Crippen LogP contribution in [-0.4, -0.2) is 42.2 Å². The largest absolute Gasteiger partial charge is 0.494 e. The first kappa shape index (κ1) is 25.5. The van der Waals surface area contributed by atoms with Crippen LogP contribution in [0.5, 0.6) is 5.75 Å². The van der Waals surface area contributed by atoms with Crippen molar-refractivity contribution in [1.82, 2.24) is 10.6 Å². The normalized spacial score (nSPS) is 21.4. The van der Waals surface area contributed by atoms with Gasteiger partial charge in [-0.3, -0.25) is 9.59 Å². The van der Waals surface area contributed by atoms with Gasteiger partial charge in [-0.2, -0.15) is 0 Å². The molecule has 2 aliphatic rings. The first-order valence-electron chi connectivity index (χ1n) is 11.1. The van der Waals surface area contributed by atoms with Gasteiger partial charge >= 0.3 is 5.97 Å². The second-order valence-corrected chi connectivity index (χ2v) is 8.97. The first-order chi connectivity index (χ1) is 16.2. The molecule has 0 bridgehead atoms. The molecule has 0 fully saturated rings. The molecule has 2 amide bonds. The molecule has 1 aliphatic carbocycles. The number of nitrogens with two attached hydrogens (primary N) is 1. The quantitative estimate of drug-likeness (QED) is 0.527. The number of benzene rings is 1. The molecule has 0 spiro atoms. The Morgan fingerprint density at radius 1 is 1.12 bits per heavy atom. The van der Waals surface area contributed by atoms with Crippen LogP contribution in [0.25, 0.3) is 6.08 Å². The van der Waals surface area contributed by atoms with E-state index in [1.54, 1.807) is 13.8 Å². The Balaban J connectivity index is 2.13. The Kier molecular flexibility index (Phi) is 8.16. The van der Waals surface area contributed by atoms with E-state index in [-0.39, 0.29) is 24.5 Å². The van der Waals surface area contributed by atoms with Gasteiger partial charge in [0.25, 0.3) is 0 Å². The number of hydrogen-bond acceptors (Lipinski definition) is 8. The summed E-state index contributed by atoms with van der Waals surface area (Å²) in [5.41, 5.74) is 9.74. The van der Waals surface area contributed by atoms with Crippen LogP contribution >= 0.6 is 11.8 Å². The van der Waals surface area contributed by atoms with Crippen molar-refractivity contribution in [3.8, 4) is 5.75 Å². The number of nitrogens with one attached hydrogen (secondary N) is 2. The fraction of sp³-hybridized carbons (Fsp3) is 0.417. The molecule has 0 saturated heterocycles. The predicted molar refractivity (Wildman–Crippen MR) is 132 cm³/mol. The molecule has 1 aliphatic heterocycles. The average Bonchev–Trinajstić information content (AvgIpc) is 2.75. The maximum absolute atomic E-state index is 12.9. The lowest BCUT2D eigenvalue weighted by Gasteiger charge is -2.31. The molecule has 3 rings (SSSR count). The molecule has 4 N–H and O–H groups in total. The van der Waals surface area contributed by atoms with E-state index in [1.165, 1.54) is 25.6 Å². The van der Waals surface area contributed by atoms with E-state index in [1.807, 2.05) is 31.2 Å². The van der Waals surface area contributed by atoms with E-state index < -0.39 is 17.3 Å². The number of amidine groups is 1. The minimum atomic E-state index is -0.525. The summed E-state index contributed by atoms with van der Waals surface area (Å²) in [6.45, 7) is 8.80. The highest BCUT2D eigenvalue weighted by Crippen LogP contribution is 2.47. The van der Waals surface area contributed by atoms with Crippen molar-refractivity contribution in [1.29, 1.82) is 0 Å². The number of carbonyl (C=O) groups is 3. The summed E-state index contributed by atoms with van der Waals surface area (Å²) in [4.78, 5) is 40.6. The highest BCUT2D eigenvalue weighted by Gasteiger charge is 2.35. The van der Waals surface area contributed by atoms with Crippen molar-refractivity contribution >= 4 is 40.8 Å². The molecule has 9 nitrogen and oxygen atoms in total. The Morgan fingerprint density at radius 2 is 1.85 bits per heavy atom. The van der Waals surface area contributed by atoms with Gasteiger partial charge in [-0.25, -0.2) is 9.79 Å². The summed E-state index contributed by atoms with van der Waals surface area (Å²) in [5.74, 6) is -0.338. The number of rotatable bonds is 6. The smallest absolute Gasteiger partial charge is 0.337 e. The summed E-state index contributed by atoms with van der Waals surface area (Å²) >= 11 is 1.25. The van der Waals surface area contributed by atoms with E-state index in [2.05, 4.69) is 15.6 Å². The van der Waals surface area contributed by atoms with Crippen LogP contribution in [0, 0.1) is 0 Å². The molecule has 3 unspecified atom stereocenters. The van der Waals surface area contributed by atoms with E-state index in [0.717, 1.165) is 16.7 Å². The van der Waals surface area contributed by atoms with Gasteiger partial charge < -0.3 is 25.8 Å². The third-order valence-corrected chi connectivity index (χ3v) is 6.47. The molecule has 34 heavy (non-hydrogen) atoms. The van der Waals surface area contributed by atoms with Gasteiger partial charge in [-0.1, -0.05) is 23.9 Å². The fourth-order valence-corrected chi connectivity index (χ4v) is 5.24. The minimum Gasteiger partial charge on any atom is -0.494 e. The topological polar surface area (TPSA) is 132 Å². The van der Waals surface area contributed by atoms with Gasteiger partial charge in [0.15, 0.2) is 5.17 Å². The number of thioether (sulfide) groups is 1. The molecule has 3 atom stereocenters. The Hall–Kier alpha value is -3.11. The standard InChI is InChI=1S/C24H30N4O5S/c1-6-32-19-11-16-15(8-9-18(21(16)25)27-13(4)29)10-17(19)22-20(23(31)33-7-2)12(3)26-24(34-22)28-14(5)30/h8-11,18,21-22H,6-7,25H2,1-5H3,(H,27,29)(H,26,28,30). The number of ether oxygens (including phenoxy) is 2. The van der Waals surface area contributed by atoms with Gasteiger partial charge in [0.2, 0.25) is 11.8 Å². The van der Waals surface area contributed by atoms with Crippen LogP contribution in [-0.2, 0) is 19.1 Å². The second-order valence-electron chi connectivity index (χ2n) is 7.88. The molecule has 0 saturated carbocycles. The number of aliphatic imine (C=N–C) groups is 1. The maximum atomic E-state index is 12.9. The second kappa shape index (κ2) is 10.9. The molecular formula is C24H30N4O5S. The van der Waals surface area contributed by atoms with Crippen LogP contribution in [0.3, 0.4) is 0 Å². The molecule has 0 aromatic heterocycles. The van der Waals surface area contributed by atoms with E-state index in [0.29, 0.717) is 28.8 Å². The highest BCUT2D eigenvalue weighted by molar-refractivity contribution is 8.14. The van der Waals surface area contributed by atoms with Crippen molar-refractivity contribution < 1.29 is 23.9 Å². The van der Waals surface area contributed by atoms with Crippen LogP contribution in [0.15, 0.2) is 34.5 Å². The molecule has 1 aromatic carbocycles. The lowest BCUT2D eigenvalue weighted by atomic mass is 9.87. The Labute approximate surface area is 203 Å². The fourth-order valence-electron chi connectivity index (χ4n) is 3.93. The molecule has 1 aromatic rings. The third kappa shape index (κ3) is 5.51. The number of amides is 2. The van der Waals surface area contributed by atoms with Gasteiger partial charge in [0, 0.05) is 19.4 Å².